The van der Waals surface area contributed by atoms with E-state index in [0.717, 1.165) is 28.3 Å². The molecule has 1 aliphatic heterocycles. The summed E-state index contributed by atoms with van der Waals surface area (Å²) in [6, 6.07) is 17.0. The number of amides is 2. The third-order valence-electron chi connectivity index (χ3n) is 4.91. The van der Waals surface area contributed by atoms with Gasteiger partial charge in [-0.05, 0) is 65.4 Å². The molecule has 3 aromatic rings. The van der Waals surface area contributed by atoms with Crippen LogP contribution < -0.4 is 9.47 Å². The van der Waals surface area contributed by atoms with Crippen molar-refractivity contribution in [3.05, 3.63) is 99.2 Å². The average molecular weight is 498 g/mol. The summed E-state index contributed by atoms with van der Waals surface area (Å²) in [6.45, 7) is 0.132. The van der Waals surface area contributed by atoms with Crippen molar-refractivity contribution in [3.8, 4) is 11.5 Å². The predicted molar refractivity (Wildman–Crippen MR) is 127 cm³/mol. The highest BCUT2D eigenvalue weighted by atomic mass is 35.5. The SMILES string of the molecule is COc1cc(/C=C2\SC(=O)N(Cc3ccc(Cl)cc3)C2=O)ccc1OC(=O)c1ccccc1F. The van der Waals surface area contributed by atoms with E-state index in [2.05, 4.69) is 0 Å². The van der Waals surface area contributed by atoms with Crippen LogP contribution in [0.25, 0.3) is 6.08 Å². The molecule has 0 aromatic heterocycles. The molecule has 1 heterocycles. The summed E-state index contributed by atoms with van der Waals surface area (Å²) in [5.74, 6) is -1.69. The number of hydrogen-bond acceptors (Lipinski definition) is 6. The Morgan fingerprint density at radius 3 is 2.50 bits per heavy atom. The van der Waals surface area contributed by atoms with Crippen LogP contribution in [0.2, 0.25) is 5.02 Å². The van der Waals surface area contributed by atoms with Gasteiger partial charge in [-0.25, -0.2) is 9.18 Å². The minimum absolute atomic E-state index is 0.0868. The molecular formula is C25H17ClFNO5S. The number of hydrogen-bond donors (Lipinski definition) is 0. The first-order valence-electron chi connectivity index (χ1n) is 10.0. The topological polar surface area (TPSA) is 72.9 Å². The van der Waals surface area contributed by atoms with Crippen molar-refractivity contribution in [2.45, 2.75) is 6.54 Å². The second kappa shape index (κ2) is 10.1. The molecule has 0 saturated carbocycles. The fourth-order valence-corrected chi connectivity index (χ4v) is 4.16. The number of methoxy groups -OCH3 is 1. The van der Waals surface area contributed by atoms with E-state index in [1.165, 1.54) is 31.4 Å². The van der Waals surface area contributed by atoms with Crippen LogP contribution in [0, 0.1) is 5.82 Å². The number of ether oxygens (including phenoxy) is 2. The highest BCUT2D eigenvalue weighted by molar-refractivity contribution is 8.18. The smallest absolute Gasteiger partial charge is 0.346 e. The highest BCUT2D eigenvalue weighted by Crippen LogP contribution is 2.35. The van der Waals surface area contributed by atoms with E-state index >= 15 is 0 Å². The molecule has 6 nitrogen and oxygen atoms in total. The molecule has 1 saturated heterocycles. The zero-order chi connectivity index (χ0) is 24.2. The molecule has 0 bridgehead atoms. The van der Waals surface area contributed by atoms with E-state index in [0.29, 0.717) is 10.6 Å². The highest BCUT2D eigenvalue weighted by Gasteiger charge is 2.35. The normalized spacial score (nSPS) is 14.6. The molecule has 0 spiro atoms. The van der Waals surface area contributed by atoms with Crippen LogP contribution in [0.3, 0.4) is 0 Å². The van der Waals surface area contributed by atoms with Gasteiger partial charge in [0.05, 0.1) is 24.1 Å². The van der Waals surface area contributed by atoms with Gasteiger partial charge in [0.1, 0.15) is 5.82 Å². The Kier molecular flexibility index (Phi) is 7.00. The van der Waals surface area contributed by atoms with Crippen molar-refractivity contribution in [2.24, 2.45) is 0 Å². The number of nitrogens with zero attached hydrogens (tertiary/aromatic N) is 1. The van der Waals surface area contributed by atoms with E-state index in [1.807, 2.05) is 0 Å². The largest absolute Gasteiger partial charge is 0.493 e. The number of halogens is 2. The molecule has 0 radical (unpaired) electrons. The zero-order valence-electron chi connectivity index (χ0n) is 17.8. The standard InChI is InChI=1S/C25H17ClFNO5S/c1-32-21-12-16(8-11-20(21)33-24(30)18-4-2-3-5-19(18)27)13-22-23(29)28(25(31)34-22)14-15-6-9-17(26)10-7-15/h2-13H,14H2,1H3/b22-13-. The number of rotatable bonds is 6. The van der Waals surface area contributed by atoms with E-state index < -0.39 is 17.7 Å². The Hall–Kier alpha value is -3.62. The maximum atomic E-state index is 13.9. The molecule has 1 aliphatic rings. The van der Waals surface area contributed by atoms with Gasteiger partial charge in [-0.3, -0.25) is 14.5 Å². The average Bonchev–Trinajstić information content (AvgIpc) is 3.08. The second-order valence-corrected chi connectivity index (χ2v) is 8.60. The van der Waals surface area contributed by atoms with Crippen LogP contribution in [0.1, 0.15) is 21.5 Å². The molecule has 0 aliphatic carbocycles. The van der Waals surface area contributed by atoms with Gasteiger partial charge in [0, 0.05) is 5.02 Å². The van der Waals surface area contributed by atoms with Crippen LogP contribution in [0.4, 0.5) is 9.18 Å². The Labute approximate surface area is 203 Å². The fourth-order valence-electron chi connectivity index (χ4n) is 3.20. The molecule has 0 N–H and O–H groups in total. The van der Waals surface area contributed by atoms with Gasteiger partial charge in [0.2, 0.25) is 0 Å². The molecule has 9 heteroatoms. The van der Waals surface area contributed by atoms with Gasteiger partial charge < -0.3 is 9.47 Å². The Balaban J connectivity index is 1.52. The van der Waals surface area contributed by atoms with Crippen LogP contribution in [0.5, 0.6) is 11.5 Å². The van der Waals surface area contributed by atoms with Crippen molar-refractivity contribution >= 4 is 46.6 Å². The molecule has 3 aromatic carbocycles. The molecule has 2 amide bonds. The summed E-state index contributed by atoms with van der Waals surface area (Å²) in [6.07, 6.45) is 1.55. The van der Waals surface area contributed by atoms with Gasteiger partial charge in [-0.1, -0.05) is 41.9 Å². The molecule has 1 fully saturated rings. The van der Waals surface area contributed by atoms with Crippen molar-refractivity contribution in [1.29, 1.82) is 0 Å². The van der Waals surface area contributed by atoms with E-state index in [4.69, 9.17) is 21.1 Å². The number of esters is 1. The van der Waals surface area contributed by atoms with Crippen LogP contribution >= 0.6 is 23.4 Å². The van der Waals surface area contributed by atoms with Gasteiger partial charge in [0.15, 0.2) is 11.5 Å². The maximum Gasteiger partial charge on any atom is 0.346 e. The molecule has 172 valence electrons. The van der Waals surface area contributed by atoms with Crippen LogP contribution in [-0.2, 0) is 11.3 Å². The minimum atomic E-state index is -0.868. The quantitative estimate of drug-likeness (QED) is 0.238. The maximum absolute atomic E-state index is 13.9. The van der Waals surface area contributed by atoms with Crippen molar-refractivity contribution < 1.29 is 28.2 Å². The van der Waals surface area contributed by atoms with Crippen LogP contribution in [-0.4, -0.2) is 29.1 Å². The lowest BCUT2D eigenvalue weighted by atomic mass is 10.1. The van der Waals surface area contributed by atoms with Crippen LogP contribution in [0.15, 0.2) is 71.6 Å². The molecule has 0 atom stereocenters. The van der Waals surface area contributed by atoms with Crippen molar-refractivity contribution in [3.63, 3.8) is 0 Å². The van der Waals surface area contributed by atoms with Gasteiger partial charge in [0.25, 0.3) is 11.1 Å². The zero-order valence-corrected chi connectivity index (χ0v) is 19.4. The third kappa shape index (κ3) is 5.13. The van der Waals surface area contributed by atoms with Crippen molar-refractivity contribution in [2.75, 3.05) is 7.11 Å². The lowest BCUT2D eigenvalue weighted by Gasteiger charge is -2.12. The van der Waals surface area contributed by atoms with E-state index in [9.17, 15) is 18.8 Å². The molecule has 34 heavy (non-hydrogen) atoms. The summed E-state index contributed by atoms with van der Waals surface area (Å²) >= 11 is 6.72. The lowest BCUT2D eigenvalue weighted by molar-refractivity contribution is -0.123. The number of benzene rings is 3. The Bertz CT molecular complexity index is 1310. The molecule has 4 rings (SSSR count). The third-order valence-corrected chi connectivity index (χ3v) is 6.07. The number of carbonyl (C=O) groups is 3. The minimum Gasteiger partial charge on any atom is -0.493 e. The number of carbonyl (C=O) groups excluding carboxylic acids is 3. The summed E-state index contributed by atoms with van der Waals surface area (Å²) in [5.41, 5.74) is 1.12. The van der Waals surface area contributed by atoms with Gasteiger partial charge in [-0.15, -0.1) is 0 Å². The summed E-state index contributed by atoms with van der Waals surface area (Å²) < 4.78 is 24.4. The lowest BCUT2D eigenvalue weighted by Crippen LogP contribution is -2.27. The summed E-state index contributed by atoms with van der Waals surface area (Å²) in [4.78, 5) is 38.9. The van der Waals surface area contributed by atoms with Gasteiger partial charge >= 0.3 is 5.97 Å². The fraction of sp³-hybridized carbons (Fsp3) is 0.0800. The van der Waals surface area contributed by atoms with E-state index in [-0.39, 0.29) is 33.8 Å². The first-order chi connectivity index (χ1) is 16.4. The summed E-state index contributed by atoms with van der Waals surface area (Å²) in [5, 5.41) is 0.184. The number of thioether (sulfide) groups is 1. The number of imide groups is 1. The first-order valence-corrected chi connectivity index (χ1v) is 11.2. The van der Waals surface area contributed by atoms with Gasteiger partial charge in [-0.2, -0.15) is 0 Å². The summed E-state index contributed by atoms with van der Waals surface area (Å²) in [7, 11) is 1.39. The molecular weight excluding hydrogens is 481 g/mol. The monoisotopic (exact) mass is 497 g/mol. The Morgan fingerprint density at radius 2 is 1.79 bits per heavy atom. The second-order valence-electron chi connectivity index (χ2n) is 7.17. The molecule has 0 unspecified atom stereocenters. The van der Waals surface area contributed by atoms with E-state index in [1.54, 1.807) is 42.5 Å². The first kappa shape index (κ1) is 23.5. The predicted octanol–water partition coefficient (Wildman–Crippen LogP) is 5.94. The Morgan fingerprint density at radius 1 is 1.06 bits per heavy atom. The van der Waals surface area contributed by atoms with Crippen molar-refractivity contribution in [1.82, 2.24) is 4.90 Å².